The predicted molar refractivity (Wildman–Crippen MR) is 62.0 cm³/mol. The molecule has 3 fully saturated rings. The van der Waals surface area contributed by atoms with E-state index in [9.17, 15) is 9.59 Å². The predicted octanol–water partition coefficient (Wildman–Crippen LogP) is 0.0407. The second-order valence-electron chi connectivity index (χ2n) is 5.55. The average Bonchev–Trinajstić information content (AvgIpc) is 3.05. The Bertz CT molecular complexity index is 412. The van der Waals surface area contributed by atoms with Gasteiger partial charge in [-0.1, -0.05) is 12.2 Å². The first-order valence-corrected chi connectivity index (χ1v) is 6.66. The fraction of sp³-hybridized carbons (Fsp3) is 0.692. The van der Waals surface area contributed by atoms with Gasteiger partial charge in [-0.05, 0) is 18.3 Å². The number of rotatable bonds is 1. The molecule has 0 spiro atoms. The van der Waals surface area contributed by atoms with E-state index in [-0.39, 0.29) is 23.7 Å². The Kier molecular flexibility index (Phi) is 2.17. The van der Waals surface area contributed by atoms with Gasteiger partial charge in [-0.15, -0.1) is 0 Å². The normalized spacial score (nSPS) is 43.0. The molecule has 96 valence electrons. The van der Waals surface area contributed by atoms with Crippen LogP contribution in [-0.2, 0) is 14.3 Å². The minimum atomic E-state index is -0.0876. The smallest absolute Gasteiger partial charge is 0.248 e. The van der Waals surface area contributed by atoms with Crippen molar-refractivity contribution in [2.45, 2.75) is 6.42 Å². The molecule has 0 N–H and O–H groups in total. The van der Waals surface area contributed by atoms with Crippen molar-refractivity contribution < 1.29 is 14.3 Å². The maximum absolute atomic E-state index is 12.5. The Morgan fingerprint density at radius 2 is 1.56 bits per heavy atom. The van der Waals surface area contributed by atoms with Gasteiger partial charge < -0.3 is 4.74 Å². The van der Waals surface area contributed by atoms with E-state index in [4.69, 9.17) is 4.74 Å². The number of hydrazine groups is 1. The average molecular weight is 248 g/mol. The zero-order valence-corrected chi connectivity index (χ0v) is 10.1. The Balaban J connectivity index is 1.63. The lowest BCUT2D eigenvalue weighted by Gasteiger charge is -2.33. The number of nitrogens with zero attached hydrogens (tertiary/aromatic N) is 2. The van der Waals surface area contributed by atoms with Crippen LogP contribution in [0.1, 0.15) is 6.42 Å². The van der Waals surface area contributed by atoms with Crippen LogP contribution in [0, 0.1) is 23.7 Å². The molecule has 2 heterocycles. The van der Waals surface area contributed by atoms with Gasteiger partial charge in [-0.25, -0.2) is 10.0 Å². The van der Waals surface area contributed by atoms with Gasteiger partial charge in [0.2, 0.25) is 11.8 Å². The maximum atomic E-state index is 12.5. The highest BCUT2D eigenvalue weighted by molar-refractivity contribution is 6.05. The number of carbonyl (C=O) groups is 2. The quantitative estimate of drug-likeness (QED) is 0.485. The maximum Gasteiger partial charge on any atom is 0.248 e. The second kappa shape index (κ2) is 3.65. The molecule has 2 aliphatic heterocycles. The number of fused-ring (bicyclic) bond motifs is 5. The van der Waals surface area contributed by atoms with Crippen molar-refractivity contribution in [3.63, 3.8) is 0 Å². The van der Waals surface area contributed by atoms with Crippen LogP contribution in [-0.4, -0.2) is 48.1 Å². The van der Waals surface area contributed by atoms with E-state index in [1.165, 1.54) is 5.01 Å². The third-order valence-electron chi connectivity index (χ3n) is 4.72. The summed E-state index contributed by atoms with van der Waals surface area (Å²) >= 11 is 0. The summed E-state index contributed by atoms with van der Waals surface area (Å²) in [7, 11) is 0. The van der Waals surface area contributed by atoms with Gasteiger partial charge in [-0.3, -0.25) is 9.59 Å². The van der Waals surface area contributed by atoms with Crippen LogP contribution in [0.3, 0.4) is 0 Å². The van der Waals surface area contributed by atoms with Gasteiger partial charge in [0.15, 0.2) is 0 Å². The Hall–Kier alpha value is -1.20. The molecule has 2 amide bonds. The number of amides is 2. The van der Waals surface area contributed by atoms with Gasteiger partial charge in [0.1, 0.15) is 0 Å². The molecule has 1 saturated carbocycles. The zero-order chi connectivity index (χ0) is 12.3. The first-order chi connectivity index (χ1) is 8.77. The second-order valence-corrected chi connectivity index (χ2v) is 5.55. The molecule has 5 nitrogen and oxygen atoms in total. The van der Waals surface area contributed by atoms with Crippen LogP contribution in [0.4, 0.5) is 0 Å². The fourth-order valence-electron chi connectivity index (χ4n) is 3.92. The third kappa shape index (κ3) is 1.23. The molecule has 0 aromatic rings. The molecule has 0 unspecified atom stereocenters. The number of hydrogen-bond acceptors (Lipinski definition) is 4. The van der Waals surface area contributed by atoms with Gasteiger partial charge in [0, 0.05) is 13.1 Å². The highest BCUT2D eigenvalue weighted by atomic mass is 16.5. The van der Waals surface area contributed by atoms with Crippen molar-refractivity contribution >= 4 is 11.8 Å². The molecule has 2 bridgehead atoms. The Morgan fingerprint density at radius 1 is 1.00 bits per heavy atom. The van der Waals surface area contributed by atoms with E-state index in [2.05, 4.69) is 12.2 Å². The summed E-state index contributed by atoms with van der Waals surface area (Å²) in [5.41, 5.74) is 0. The first-order valence-electron chi connectivity index (χ1n) is 6.66. The molecule has 0 radical (unpaired) electrons. The minimum absolute atomic E-state index is 0.0174. The lowest BCUT2D eigenvalue weighted by Crippen LogP contribution is -2.52. The van der Waals surface area contributed by atoms with E-state index < -0.39 is 0 Å². The van der Waals surface area contributed by atoms with E-state index in [0.29, 0.717) is 38.1 Å². The van der Waals surface area contributed by atoms with E-state index in [1.807, 2.05) is 5.01 Å². The number of carbonyl (C=O) groups excluding carboxylic acids is 2. The highest BCUT2D eigenvalue weighted by Crippen LogP contribution is 2.52. The fourth-order valence-corrected chi connectivity index (χ4v) is 3.92. The molecule has 2 saturated heterocycles. The topological polar surface area (TPSA) is 49.9 Å². The van der Waals surface area contributed by atoms with Crippen LogP contribution in [0.2, 0.25) is 0 Å². The van der Waals surface area contributed by atoms with Gasteiger partial charge in [0.25, 0.3) is 0 Å². The molecule has 4 rings (SSSR count). The van der Waals surface area contributed by atoms with Gasteiger partial charge in [0.05, 0.1) is 25.0 Å². The summed E-state index contributed by atoms with van der Waals surface area (Å²) in [5.74, 6) is 0.447. The lowest BCUT2D eigenvalue weighted by molar-refractivity contribution is -0.166. The molecule has 0 aromatic carbocycles. The van der Waals surface area contributed by atoms with Crippen LogP contribution < -0.4 is 0 Å². The summed E-state index contributed by atoms with van der Waals surface area (Å²) in [5, 5.41) is 3.29. The summed E-state index contributed by atoms with van der Waals surface area (Å²) < 4.78 is 5.28. The lowest BCUT2D eigenvalue weighted by atomic mass is 9.85. The van der Waals surface area contributed by atoms with Crippen molar-refractivity contribution in [3.8, 4) is 0 Å². The largest absolute Gasteiger partial charge is 0.379 e. The van der Waals surface area contributed by atoms with Crippen molar-refractivity contribution in [1.82, 2.24) is 10.0 Å². The first kappa shape index (κ1) is 10.7. The number of morpholine rings is 1. The Labute approximate surface area is 105 Å². The van der Waals surface area contributed by atoms with E-state index in [1.54, 1.807) is 0 Å². The molecule has 0 aromatic heterocycles. The van der Waals surface area contributed by atoms with Crippen LogP contribution in [0.15, 0.2) is 12.2 Å². The molecular formula is C13H16N2O3. The number of ether oxygens (including phenoxy) is 1. The van der Waals surface area contributed by atoms with E-state index >= 15 is 0 Å². The standard InChI is InChI=1S/C13H16N2O3/c16-12-10-8-1-2-9(7-8)11(10)13(17)15(12)14-3-5-18-6-4-14/h1-2,8-11H,3-7H2/t8-,9+,10-,11+. The third-order valence-corrected chi connectivity index (χ3v) is 4.72. The molecule has 4 aliphatic rings. The SMILES string of the molecule is O=C1[C@@H]2[C@H](C(=O)N1N1CCOCC1)[C@@H]1C=C[C@H]2C1. The van der Waals surface area contributed by atoms with Gasteiger partial charge in [-0.2, -0.15) is 0 Å². The molecule has 5 heteroatoms. The van der Waals surface area contributed by atoms with Crippen LogP contribution >= 0.6 is 0 Å². The molecule has 18 heavy (non-hydrogen) atoms. The molecule has 2 aliphatic carbocycles. The summed E-state index contributed by atoms with van der Waals surface area (Å²) in [4.78, 5) is 25.0. The van der Waals surface area contributed by atoms with Crippen molar-refractivity contribution in [2.24, 2.45) is 23.7 Å². The van der Waals surface area contributed by atoms with Crippen molar-refractivity contribution in [1.29, 1.82) is 0 Å². The van der Waals surface area contributed by atoms with E-state index in [0.717, 1.165) is 6.42 Å². The minimum Gasteiger partial charge on any atom is -0.379 e. The van der Waals surface area contributed by atoms with Gasteiger partial charge >= 0.3 is 0 Å². The zero-order valence-electron chi connectivity index (χ0n) is 10.1. The highest BCUT2D eigenvalue weighted by Gasteiger charge is 2.60. The summed E-state index contributed by atoms with van der Waals surface area (Å²) in [6.07, 6.45) is 5.24. The Morgan fingerprint density at radius 3 is 2.11 bits per heavy atom. The molecular weight excluding hydrogens is 232 g/mol. The number of hydrogen-bond donors (Lipinski definition) is 0. The molecule has 4 atom stereocenters. The van der Waals surface area contributed by atoms with Crippen molar-refractivity contribution in [2.75, 3.05) is 26.3 Å². The number of imide groups is 1. The summed E-state index contributed by atoms with van der Waals surface area (Å²) in [6, 6.07) is 0. The number of allylic oxidation sites excluding steroid dienone is 2. The van der Waals surface area contributed by atoms with Crippen molar-refractivity contribution in [3.05, 3.63) is 12.2 Å². The summed E-state index contributed by atoms with van der Waals surface area (Å²) in [6.45, 7) is 2.47. The van der Waals surface area contributed by atoms with Crippen LogP contribution in [0.5, 0.6) is 0 Å². The van der Waals surface area contributed by atoms with Crippen LogP contribution in [0.25, 0.3) is 0 Å². The monoisotopic (exact) mass is 248 g/mol.